The van der Waals surface area contributed by atoms with Crippen molar-refractivity contribution in [3.05, 3.63) is 12.2 Å². The second kappa shape index (κ2) is 12.4. The maximum absolute atomic E-state index is 11.9. The summed E-state index contributed by atoms with van der Waals surface area (Å²) in [4.78, 5) is 35.8. The van der Waals surface area contributed by atoms with E-state index in [1.165, 1.54) is 0 Å². The van der Waals surface area contributed by atoms with Gasteiger partial charge >= 0.3 is 144 Å². The molecular weight excluding hydrogens is 407 g/mol. The Balaban J connectivity index is 5.35. The molecule has 0 spiro atoms. The van der Waals surface area contributed by atoms with Crippen molar-refractivity contribution in [1.29, 1.82) is 0 Å². The maximum atomic E-state index is 11.9. The third-order valence-electron chi connectivity index (χ3n) is 2.77. The average Bonchev–Trinajstić information content (AvgIpc) is 2.45. The van der Waals surface area contributed by atoms with Gasteiger partial charge in [0.05, 0.1) is 0 Å². The number of hydrogen-bond acceptors (Lipinski definition) is 6. The predicted molar refractivity (Wildman–Crippen MR) is 88.4 cm³/mol. The first kappa shape index (κ1) is 21.9. The molecule has 6 nitrogen and oxygen atoms in total. The zero-order valence-corrected chi connectivity index (χ0v) is 17.4. The molecule has 0 fully saturated rings. The van der Waals surface area contributed by atoms with E-state index in [1.807, 2.05) is 20.8 Å². The summed E-state index contributed by atoms with van der Waals surface area (Å²) in [6, 6.07) is 0. The quantitative estimate of drug-likeness (QED) is 0.365. The average molecular weight is 435 g/mol. The van der Waals surface area contributed by atoms with E-state index >= 15 is 0 Å². The van der Waals surface area contributed by atoms with Gasteiger partial charge in [-0.25, -0.2) is 0 Å². The zero-order valence-electron chi connectivity index (χ0n) is 14.6. The molecule has 0 heterocycles. The molecule has 0 aromatic heterocycles. The Bertz CT molecular complexity index is 368. The summed E-state index contributed by atoms with van der Waals surface area (Å²) < 4.78 is 16.5. The first-order valence-electron chi connectivity index (χ1n) is 8.19. The van der Waals surface area contributed by atoms with E-state index in [9.17, 15) is 14.4 Å². The summed E-state index contributed by atoms with van der Waals surface area (Å²) in [5.74, 6) is -1.45. The van der Waals surface area contributed by atoms with E-state index in [0.29, 0.717) is 19.3 Å². The molecular formula is C16H28O6Sn. The molecule has 0 unspecified atom stereocenters. The van der Waals surface area contributed by atoms with E-state index < -0.39 is 37.5 Å². The molecule has 0 radical (unpaired) electrons. The summed E-state index contributed by atoms with van der Waals surface area (Å²) >= 11 is -4.64. The topological polar surface area (TPSA) is 78.9 Å². The molecule has 0 bridgehead atoms. The SMILES string of the molecule is CC=C[CH2][Sn]([O]C(=O)CCC)([O]C(=O)CCC)[O]C(=O)CCC. The van der Waals surface area contributed by atoms with Crippen molar-refractivity contribution in [3.63, 3.8) is 0 Å². The molecule has 0 aliphatic carbocycles. The number of rotatable bonds is 11. The molecule has 0 rings (SSSR count). The van der Waals surface area contributed by atoms with Crippen molar-refractivity contribution in [2.24, 2.45) is 0 Å². The predicted octanol–water partition coefficient (Wildman–Crippen LogP) is 3.53. The monoisotopic (exact) mass is 436 g/mol. The van der Waals surface area contributed by atoms with Gasteiger partial charge in [0.2, 0.25) is 0 Å². The van der Waals surface area contributed by atoms with Crippen LogP contribution in [-0.4, -0.2) is 37.5 Å². The fourth-order valence-corrected chi connectivity index (χ4v) is 8.15. The second-order valence-corrected chi connectivity index (χ2v) is 11.9. The Morgan fingerprint density at radius 3 is 1.39 bits per heavy atom. The fourth-order valence-electron chi connectivity index (χ4n) is 1.74. The summed E-state index contributed by atoms with van der Waals surface area (Å²) in [6.07, 6.45) is 5.89. The van der Waals surface area contributed by atoms with Gasteiger partial charge in [-0.05, 0) is 0 Å². The first-order valence-corrected chi connectivity index (χ1v) is 13.7. The van der Waals surface area contributed by atoms with E-state index in [2.05, 4.69) is 0 Å². The molecule has 0 aliphatic rings. The minimum absolute atomic E-state index is 0.172. The summed E-state index contributed by atoms with van der Waals surface area (Å²) in [5.41, 5.74) is 0. The van der Waals surface area contributed by atoms with Crippen LogP contribution in [0.5, 0.6) is 0 Å². The molecule has 23 heavy (non-hydrogen) atoms. The Morgan fingerprint density at radius 1 is 0.783 bits per heavy atom. The number of carbonyl (C=O) groups excluding carboxylic acids is 3. The summed E-state index contributed by atoms with van der Waals surface area (Å²) in [6.45, 7) is 7.33. The molecule has 132 valence electrons. The number of allylic oxidation sites excluding steroid dienone is 2. The van der Waals surface area contributed by atoms with Crippen LogP contribution in [0.2, 0.25) is 4.44 Å². The normalized spacial score (nSPS) is 11.3. The van der Waals surface area contributed by atoms with Crippen LogP contribution in [-0.2, 0) is 23.6 Å². The third kappa shape index (κ3) is 9.63. The van der Waals surface area contributed by atoms with Crippen molar-refractivity contribution in [1.82, 2.24) is 0 Å². The van der Waals surface area contributed by atoms with Crippen molar-refractivity contribution in [3.8, 4) is 0 Å². The van der Waals surface area contributed by atoms with E-state index in [1.54, 1.807) is 19.1 Å². The number of hydrogen-bond donors (Lipinski definition) is 0. The first-order chi connectivity index (χ1) is 10.9. The molecule has 0 amide bonds. The van der Waals surface area contributed by atoms with Gasteiger partial charge in [0, 0.05) is 0 Å². The minimum atomic E-state index is -4.64. The van der Waals surface area contributed by atoms with Crippen molar-refractivity contribution in [2.45, 2.75) is 70.7 Å². The van der Waals surface area contributed by atoms with Gasteiger partial charge in [-0.1, -0.05) is 0 Å². The molecule has 0 aromatic rings. The van der Waals surface area contributed by atoms with E-state index in [-0.39, 0.29) is 23.7 Å². The molecule has 0 aliphatic heterocycles. The van der Waals surface area contributed by atoms with Gasteiger partial charge in [0.1, 0.15) is 0 Å². The van der Waals surface area contributed by atoms with Gasteiger partial charge in [-0.3, -0.25) is 0 Å². The molecule has 0 saturated heterocycles. The molecule has 0 N–H and O–H groups in total. The van der Waals surface area contributed by atoms with Crippen LogP contribution in [0.3, 0.4) is 0 Å². The fraction of sp³-hybridized carbons (Fsp3) is 0.688. The Morgan fingerprint density at radius 2 is 1.13 bits per heavy atom. The summed E-state index contributed by atoms with van der Waals surface area (Å²) in [5, 5.41) is 0. The van der Waals surface area contributed by atoms with Crippen molar-refractivity contribution in [2.75, 3.05) is 0 Å². The van der Waals surface area contributed by atoms with Crippen LogP contribution in [0.1, 0.15) is 66.2 Å². The second-order valence-electron chi connectivity index (χ2n) is 5.13. The third-order valence-corrected chi connectivity index (χ3v) is 9.49. The van der Waals surface area contributed by atoms with Crippen LogP contribution in [0.25, 0.3) is 0 Å². The van der Waals surface area contributed by atoms with Crippen LogP contribution >= 0.6 is 0 Å². The molecule has 0 saturated carbocycles. The van der Waals surface area contributed by atoms with Gasteiger partial charge < -0.3 is 0 Å². The summed E-state index contributed by atoms with van der Waals surface area (Å²) in [7, 11) is 0. The van der Waals surface area contributed by atoms with Gasteiger partial charge in [-0.2, -0.15) is 0 Å². The van der Waals surface area contributed by atoms with Crippen LogP contribution in [0.15, 0.2) is 12.2 Å². The Kier molecular flexibility index (Phi) is 11.8. The van der Waals surface area contributed by atoms with Gasteiger partial charge in [-0.15, -0.1) is 0 Å². The van der Waals surface area contributed by atoms with Gasteiger partial charge in [0.15, 0.2) is 0 Å². The molecule has 0 aromatic carbocycles. The van der Waals surface area contributed by atoms with Crippen LogP contribution < -0.4 is 0 Å². The van der Waals surface area contributed by atoms with Crippen LogP contribution in [0, 0.1) is 0 Å². The van der Waals surface area contributed by atoms with E-state index in [0.717, 1.165) is 0 Å². The standard InChI is InChI=1S/3C4H8O2.C4H7.Sn/c3*1-2-3-4(5)6;1-3-4-2;/h3*2-3H2,1H3,(H,5,6);3-4H,1H2,2H3;/q;;;;+3/p-3. The van der Waals surface area contributed by atoms with E-state index in [4.69, 9.17) is 9.22 Å². The van der Waals surface area contributed by atoms with Gasteiger partial charge in [0.25, 0.3) is 0 Å². The molecule has 0 atom stereocenters. The number of carbonyl (C=O) groups is 3. The zero-order chi connectivity index (χ0) is 17.7. The van der Waals surface area contributed by atoms with Crippen molar-refractivity contribution < 1.29 is 23.6 Å². The molecule has 7 heteroatoms. The Hall–Kier alpha value is -1.05. The van der Waals surface area contributed by atoms with Crippen molar-refractivity contribution >= 4 is 37.5 Å². The van der Waals surface area contributed by atoms with Crippen LogP contribution in [0.4, 0.5) is 0 Å². The Labute approximate surface area is 144 Å².